The SMILES string of the molecule is C[Si](C)(C)N(C(=N)CCSC(N=C(N)N)c1cscn1)S(N)(=O)=O. The quantitative estimate of drug-likeness (QED) is 0.282. The fraction of sp³-hybridized carbons (Fsp3) is 0.545. The predicted octanol–water partition coefficient (Wildman–Crippen LogP) is 0.856. The van der Waals surface area contributed by atoms with E-state index in [9.17, 15) is 8.42 Å². The summed E-state index contributed by atoms with van der Waals surface area (Å²) in [7, 11) is -6.29. The predicted molar refractivity (Wildman–Crippen MR) is 104 cm³/mol. The van der Waals surface area contributed by atoms with Crippen LogP contribution in [0.3, 0.4) is 0 Å². The number of aromatic nitrogens is 1. The number of guanidine groups is 1. The Kier molecular flexibility index (Phi) is 7.21. The first kappa shape index (κ1) is 20.9. The molecule has 1 rings (SSSR count). The molecule has 0 radical (unpaired) electrons. The van der Waals surface area contributed by atoms with E-state index in [2.05, 4.69) is 9.98 Å². The number of nitrogens with one attached hydrogen (secondary N) is 1. The van der Waals surface area contributed by atoms with Crippen molar-refractivity contribution in [3.8, 4) is 0 Å². The van der Waals surface area contributed by atoms with Gasteiger partial charge in [-0.2, -0.15) is 8.42 Å². The van der Waals surface area contributed by atoms with E-state index in [4.69, 9.17) is 22.0 Å². The van der Waals surface area contributed by atoms with E-state index in [1.54, 1.807) is 5.51 Å². The highest BCUT2D eigenvalue weighted by Crippen LogP contribution is 2.30. The molecule has 0 aliphatic heterocycles. The lowest BCUT2D eigenvalue weighted by atomic mass is 10.5. The molecule has 1 atom stereocenters. The maximum Gasteiger partial charge on any atom is 0.292 e. The standard InChI is InChI=1S/C11H23N7O2S3Si/c1-24(2,3)18(23(15,19)20)9(12)4-5-22-10(17-11(13)14)8-6-21-7-16-8/h6-7,10,12H,4-5H2,1-3H3,(H4,13,14,17)(H2,15,19,20). The van der Waals surface area contributed by atoms with Crippen LogP contribution in [-0.2, 0) is 10.2 Å². The Morgan fingerprint density at radius 1 is 1.50 bits per heavy atom. The summed E-state index contributed by atoms with van der Waals surface area (Å²) in [5.74, 6) is 0.378. The Labute approximate surface area is 151 Å². The third-order valence-electron chi connectivity index (χ3n) is 2.69. The summed E-state index contributed by atoms with van der Waals surface area (Å²) in [6, 6.07) is 0. The zero-order valence-corrected chi connectivity index (χ0v) is 17.2. The molecular weight excluding hydrogens is 386 g/mol. The molecule has 1 unspecified atom stereocenters. The van der Waals surface area contributed by atoms with Gasteiger partial charge in [-0.25, -0.2) is 15.1 Å². The molecule has 1 heterocycles. The minimum Gasteiger partial charge on any atom is -0.370 e. The van der Waals surface area contributed by atoms with Gasteiger partial charge in [0.1, 0.15) is 11.2 Å². The molecule has 1 aromatic heterocycles. The van der Waals surface area contributed by atoms with Gasteiger partial charge in [0.2, 0.25) is 0 Å². The highest BCUT2D eigenvalue weighted by Gasteiger charge is 2.34. The van der Waals surface area contributed by atoms with Crippen LogP contribution in [0.5, 0.6) is 0 Å². The highest BCUT2D eigenvalue weighted by molar-refractivity contribution is 7.99. The van der Waals surface area contributed by atoms with Gasteiger partial charge in [-0.05, 0) is 0 Å². The van der Waals surface area contributed by atoms with Crippen molar-refractivity contribution in [2.24, 2.45) is 21.6 Å². The molecule has 0 aliphatic carbocycles. The maximum atomic E-state index is 11.8. The van der Waals surface area contributed by atoms with E-state index in [0.29, 0.717) is 5.75 Å². The summed E-state index contributed by atoms with van der Waals surface area (Å²) in [5.41, 5.74) is 13.3. The third kappa shape index (κ3) is 6.39. The first-order valence-electron chi connectivity index (χ1n) is 6.92. The summed E-state index contributed by atoms with van der Waals surface area (Å²) in [6.07, 6.45) is 0.228. The molecule has 0 saturated carbocycles. The van der Waals surface area contributed by atoms with Crippen molar-refractivity contribution in [3.63, 3.8) is 0 Å². The lowest BCUT2D eigenvalue weighted by molar-refractivity contribution is 0.571. The van der Waals surface area contributed by atoms with Gasteiger partial charge >= 0.3 is 0 Å². The fourth-order valence-corrected chi connectivity index (χ4v) is 8.04. The Bertz CT molecular complexity index is 681. The Hall–Kier alpha value is -1.15. The van der Waals surface area contributed by atoms with Crippen LogP contribution < -0.4 is 16.6 Å². The molecule has 0 spiro atoms. The van der Waals surface area contributed by atoms with Crippen LogP contribution in [0.25, 0.3) is 0 Å². The molecular formula is C11H23N7O2S3Si. The molecule has 7 N–H and O–H groups in total. The number of hydrogen-bond acceptors (Lipinski definition) is 7. The zero-order chi connectivity index (χ0) is 18.5. The van der Waals surface area contributed by atoms with Crippen molar-refractivity contribution in [3.05, 3.63) is 16.6 Å². The second-order valence-electron chi connectivity index (χ2n) is 5.87. The zero-order valence-electron chi connectivity index (χ0n) is 13.8. The van der Waals surface area contributed by atoms with Gasteiger partial charge in [0, 0.05) is 17.6 Å². The molecule has 0 saturated heterocycles. The lowest BCUT2D eigenvalue weighted by Gasteiger charge is -2.33. The van der Waals surface area contributed by atoms with Crippen molar-refractivity contribution < 1.29 is 8.42 Å². The number of hydrogen-bond donors (Lipinski definition) is 4. The molecule has 0 fully saturated rings. The maximum absolute atomic E-state index is 11.8. The molecule has 0 aromatic carbocycles. The Morgan fingerprint density at radius 3 is 2.54 bits per heavy atom. The van der Waals surface area contributed by atoms with Crippen LogP contribution >= 0.6 is 23.1 Å². The van der Waals surface area contributed by atoms with Crippen LogP contribution in [0.1, 0.15) is 17.5 Å². The minimum atomic E-state index is -3.95. The number of thioether (sulfide) groups is 1. The number of rotatable bonds is 8. The highest BCUT2D eigenvalue weighted by atomic mass is 32.2. The average Bonchev–Trinajstić information content (AvgIpc) is 2.86. The van der Waals surface area contributed by atoms with E-state index >= 15 is 0 Å². The van der Waals surface area contributed by atoms with Gasteiger partial charge < -0.3 is 11.5 Å². The van der Waals surface area contributed by atoms with Crippen LogP contribution in [0.2, 0.25) is 19.6 Å². The molecule has 0 aliphatic rings. The van der Waals surface area contributed by atoms with Crippen molar-refractivity contribution in [1.82, 2.24) is 8.95 Å². The molecule has 1 aromatic rings. The van der Waals surface area contributed by atoms with Crippen molar-refractivity contribution in [2.75, 3.05) is 5.75 Å². The molecule has 136 valence electrons. The van der Waals surface area contributed by atoms with Crippen molar-refractivity contribution in [2.45, 2.75) is 31.4 Å². The molecule has 9 nitrogen and oxygen atoms in total. The van der Waals surface area contributed by atoms with E-state index in [1.807, 2.05) is 25.0 Å². The van der Waals surface area contributed by atoms with E-state index < -0.39 is 18.4 Å². The molecule has 0 bridgehead atoms. The second-order valence-corrected chi connectivity index (χ2v) is 14.3. The first-order valence-corrected chi connectivity index (χ1v) is 13.9. The Balaban J connectivity index is 2.77. The summed E-state index contributed by atoms with van der Waals surface area (Å²) in [6.45, 7) is 5.45. The molecule has 0 amide bonds. The van der Waals surface area contributed by atoms with Gasteiger partial charge in [0.05, 0.1) is 11.2 Å². The van der Waals surface area contributed by atoms with Crippen LogP contribution in [0, 0.1) is 5.41 Å². The van der Waals surface area contributed by atoms with Crippen LogP contribution in [-0.4, -0.2) is 43.2 Å². The number of aliphatic imine (C=N–C) groups is 1. The molecule has 24 heavy (non-hydrogen) atoms. The number of nitrogens with two attached hydrogens (primary N) is 3. The van der Waals surface area contributed by atoms with Gasteiger partial charge in [0.25, 0.3) is 10.2 Å². The lowest BCUT2D eigenvalue weighted by Crippen LogP contribution is -2.55. The van der Waals surface area contributed by atoms with Gasteiger partial charge in [-0.1, -0.05) is 19.6 Å². The summed E-state index contributed by atoms with van der Waals surface area (Å²) in [5, 5.41) is 14.8. The average molecular weight is 410 g/mol. The number of nitrogens with zero attached hydrogens (tertiary/aromatic N) is 3. The van der Waals surface area contributed by atoms with Gasteiger partial charge in [-0.15, -0.1) is 23.1 Å². The van der Waals surface area contributed by atoms with Gasteiger partial charge in [0.15, 0.2) is 14.2 Å². The summed E-state index contributed by atoms with van der Waals surface area (Å²) in [4.78, 5) is 8.31. The van der Waals surface area contributed by atoms with Crippen molar-refractivity contribution in [1.29, 1.82) is 5.41 Å². The summed E-state index contributed by atoms with van der Waals surface area (Å²) < 4.78 is 24.6. The van der Waals surface area contributed by atoms with E-state index in [0.717, 1.165) is 9.66 Å². The minimum absolute atomic E-state index is 0.0223. The van der Waals surface area contributed by atoms with Crippen LogP contribution in [0.4, 0.5) is 0 Å². The molecule has 13 heteroatoms. The van der Waals surface area contributed by atoms with E-state index in [-0.39, 0.29) is 23.6 Å². The van der Waals surface area contributed by atoms with E-state index in [1.165, 1.54) is 23.1 Å². The normalized spacial score (nSPS) is 13.3. The number of thiazole rings is 1. The monoisotopic (exact) mass is 409 g/mol. The Morgan fingerprint density at radius 2 is 2.12 bits per heavy atom. The third-order valence-corrected chi connectivity index (χ3v) is 9.03. The topological polar surface area (TPSA) is 165 Å². The fourth-order valence-electron chi connectivity index (χ4n) is 1.98. The van der Waals surface area contributed by atoms with Crippen molar-refractivity contribution >= 4 is 53.3 Å². The largest absolute Gasteiger partial charge is 0.370 e. The summed E-state index contributed by atoms with van der Waals surface area (Å²) >= 11 is 2.81. The van der Waals surface area contributed by atoms with Gasteiger partial charge in [-0.3, -0.25) is 9.38 Å². The smallest absolute Gasteiger partial charge is 0.292 e. The first-order chi connectivity index (χ1) is 10.9. The van der Waals surface area contributed by atoms with Crippen LogP contribution in [0.15, 0.2) is 15.9 Å². The number of amidine groups is 1. The second kappa shape index (κ2) is 8.29.